The van der Waals surface area contributed by atoms with Gasteiger partial charge in [-0.2, -0.15) is 4.98 Å². The van der Waals surface area contributed by atoms with Crippen LogP contribution in [0.3, 0.4) is 0 Å². The van der Waals surface area contributed by atoms with Gasteiger partial charge in [0.25, 0.3) is 0 Å². The molecule has 1 N–H and O–H groups in total. The smallest absolute Gasteiger partial charge is 0.245 e. The Morgan fingerprint density at radius 2 is 2.19 bits per heavy atom. The zero-order valence-corrected chi connectivity index (χ0v) is 9.65. The summed E-state index contributed by atoms with van der Waals surface area (Å²) in [6.07, 6.45) is 5.32. The Morgan fingerprint density at radius 3 is 2.94 bits per heavy atom. The van der Waals surface area contributed by atoms with Gasteiger partial charge in [-0.3, -0.25) is 0 Å². The number of hydrogen-bond acceptors (Lipinski definition) is 5. The summed E-state index contributed by atoms with van der Waals surface area (Å²) < 4.78 is 1.93. The van der Waals surface area contributed by atoms with Gasteiger partial charge in [-0.1, -0.05) is 11.6 Å². The Kier molecular flexibility index (Phi) is 3.53. The van der Waals surface area contributed by atoms with Crippen LogP contribution in [-0.4, -0.2) is 31.3 Å². The first-order valence-electron chi connectivity index (χ1n) is 4.51. The SMILES string of the molecule is Clc1nnc(Cl)c(NCCn2ccnc2)n1. The first kappa shape index (κ1) is 11.1. The standard InChI is InChI=1S/C8H8Cl2N6/c9-6-7(13-8(10)15-14-6)12-2-4-16-3-1-11-5-16/h1,3,5H,2,4H2,(H,12,13,15). The Bertz CT molecular complexity index is 458. The van der Waals surface area contributed by atoms with Crippen LogP contribution in [-0.2, 0) is 6.54 Å². The van der Waals surface area contributed by atoms with Crippen molar-refractivity contribution in [3.63, 3.8) is 0 Å². The maximum Gasteiger partial charge on any atom is 0.245 e. The second kappa shape index (κ2) is 5.09. The summed E-state index contributed by atoms with van der Waals surface area (Å²) in [6.45, 7) is 1.39. The van der Waals surface area contributed by atoms with E-state index in [4.69, 9.17) is 23.2 Å². The number of anilines is 1. The van der Waals surface area contributed by atoms with Crippen LogP contribution in [0, 0.1) is 0 Å². The van der Waals surface area contributed by atoms with E-state index in [1.165, 1.54) is 0 Å². The molecule has 0 atom stereocenters. The van der Waals surface area contributed by atoms with Gasteiger partial charge in [0.1, 0.15) is 0 Å². The minimum absolute atomic E-state index is 0.0644. The van der Waals surface area contributed by atoms with Gasteiger partial charge in [-0.25, -0.2) is 4.98 Å². The second-order valence-electron chi connectivity index (χ2n) is 2.95. The molecule has 0 aliphatic heterocycles. The van der Waals surface area contributed by atoms with Crippen LogP contribution in [0.4, 0.5) is 5.82 Å². The fourth-order valence-electron chi connectivity index (χ4n) is 1.13. The van der Waals surface area contributed by atoms with Crippen molar-refractivity contribution in [2.24, 2.45) is 0 Å². The lowest BCUT2D eigenvalue weighted by Gasteiger charge is -2.06. The topological polar surface area (TPSA) is 68.5 Å². The molecule has 0 spiro atoms. The van der Waals surface area contributed by atoms with E-state index >= 15 is 0 Å². The molecule has 0 aliphatic rings. The normalized spacial score (nSPS) is 10.4. The molecule has 0 fully saturated rings. The summed E-state index contributed by atoms with van der Waals surface area (Å²) in [5.41, 5.74) is 0. The molecule has 0 saturated heterocycles. The number of rotatable bonds is 4. The lowest BCUT2D eigenvalue weighted by Crippen LogP contribution is -2.11. The fourth-order valence-corrected chi connectivity index (χ4v) is 1.40. The molecular weight excluding hydrogens is 251 g/mol. The van der Waals surface area contributed by atoms with Crippen molar-refractivity contribution in [1.29, 1.82) is 0 Å². The van der Waals surface area contributed by atoms with Crippen molar-refractivity contribution < 1.29 is 0 Å². The van der Waals surface area contributed by atoms with Gasteiger partial charge >= 0.3 is 0 Å². The molecule has 2 heterocycles. The van der Waals surface area contributed by atoms with Gasteiger partial charge in [0.2, 0.25) is 5.28 Å². The molecule has 2 aromatic rings. The van der Waals surface area contributed by atoms with Crippen LogP contribution >= 0.6 is 23.2 Å². The highest BCUT2D eigenvalue weighted by Gasteiger charge is 2.04. The van der Waals surface area contributed by atoms with Gasteiger partial charge in [0.15, 0.2) is 11.0 Å². The molecule has 0 amide bonds. The van der Waals surface area contributed by atoms with E-state index in [0.29, 0.717) is 12.4 Å². The van der Waals surface area contributed by atoms with Gasteiger partial charge in [0, 0.05) is 25.5 Å². The predicted octanol–water partition coefficient (Wildman–Crippen LogP) is 1.49. The van der Waals surface area contributed by atoms with Crippen molar-refractivity contribution in [3.8, 4) is 0 Å². The van der Waals surface area contributed by atoms with E-state index in [9.17, 15) is 0 Å². The van der Waals surface area contributed by atoms with Crippen molar-refractivity contribution >= 4 is 29.0 Å². The van der Waals surface area contributed by atoms with E-state index < -0.39 is 0 Å². The van der Waals surface area contributed by atoms with Gasteiger partial charge in [0.05, 0.1) is 6.33 Å². The molecule has 16 heavy (non-hydrogen) atoms. The third-order valence-electron chi connectivity index (χ3n) is 1.84. The van der Waals surface area contributed by atoms with Crippen LogP contribution in [0.25, 0.3) is 0 Å². The van der Waals surface area contributed by atoms with Crippen LogP contribution in [0.2, 0.25) is 10.4 Å². The van der Waals surface area contributed by atoms with Crippen LogP contribution in [0.5, 0.6) is 0 Å². The minimum Gasteiger partial charge on any atom is -0.366 e. The minimum atomic E-state index is 0.0644. The van der Waals surface area contributed by atoms with E-state index in [1.807, 2.05) is 10.8 Å². The number of nitrogens with one attached hydrogen (secondary N) is 1. The average molecular weight is 259 g/mol. The predicted molar refractivity (Wildman–Crippen MR) is 60.6 cm³/mol. The van der Waals surface area contributed by atoms with Crippen molar-refractivity contribution in [1.82, 2.24) is 24.7 Å². The number of aromatic nitrogens is 5. The molecule has 2 aromatic heterocycles. The summed E-state index contributed by atoms with van der Waals surface area (Å²) in [7, 11) is 0. The molecule has 6 nitrogen and oxygen atoms in total. The highest BCUT2D eigenvalue weighted by molar-refractivity contribution is 6.32. The lowest BCUT2D eigenvalue weighted by atomic mass is 10.5. The largest absolute Gasteiger partial charge is 0.366 e. The van der Waals surface area contributed by atoms with Crippen LogP contribution in [0.1, 0.15) is 0 Å². The zero-order chi connectivity index (χ0) is 11.4. The molecular formula is C8H8Cl2N6. The van der Waals surface area contributed by atoms with Gasteiger partial charge < -0.3 is 9.88 Å². The highest BCUT2D eigenvalue weighted by atomic mass is 35.5. The Morgan fingerprint density at radius 1 is 1.31 bits per heavy atom. The molecule has 8 heteroatoms. The maximum absolute atomic E-state index is 5.78. The third-order valence-corrected chi connectivity index (χ3v) is 2.26. The first-order chi connectivity index (χ1) is 7.75. The van der Waals surface area contributed by atoms with E-state index in [-0.39, 0.29) is 10.4 Å². The number of hydrogen-bond donors (Lipinski definition) is 1. The number of imidazole rings is 1. The molecule has 0 radical (unpaired) electrons. The summed E-state index contributed by atoms with van der Waals surface area (Å²) in [4.78, 5) is 7.84. The van der Waals surface area contributed by atoms with Gasteiger partial charge in [-0.05, 0) is 11.6 Å². The molecule has 0 aliphatic carbocycles. The third kappa shape index (κ3) is 2.80. The first-order valence-corrected chi connectivity index (χ1v) is 5.26. The van der Waals surface area contributed by atoms with Crippen LogP contribution < -0.4 is 5.32 Å². The highest BCUT2D eigenvalue weighted by Crippen LogP contribution is 2.15. The quantitative estimate of drug-likeness (QED) is 0.900. The van der Waals surface area contributed by atoms with Crippen molar-refractivity contribution in [2.45, 2.75) is 6.54 Å². The average Bonchev–Trinajstić information content (AvgIpc) is 2.76. The maximum atomic E-state index is 5.78. The lowest BCUT2D eigenvalue weighted by molar-refractivity contribution is 0.724. The van der Waals surface area contributed by atoms with E-state index in [0.717, 1.165) is 6.54 Å². The molecule has 0 unspecified atom stereocenters. The summed E-state index contributed by atoms with van der Waals surface area (Å²) in [6, 6.07) is 0. The van der Waals surface area contributed by atoms with Crippen LogP contribution in [0.15, 0.2) is 18.7 Å². The Hall–Kier alpha value is -1.40. The monoisotopic (exact) mass is 258 g/mol. The van der Waals surface area contributed by atoms with Gasteiger partial charge in [-0.15, -0.1) is 10.2 Å². The van der Waals surface area contributed by atoms with Crippen molar-refractivity contribution in [2.75, 3.05) is 11.9 Å². The summed E-state index contributed by atoms with van der Waals surface area (Å²) in [5.74, 6) is 0.432. The summed E-state index contributed by atoms with van der Waals surface area (Å²) >= 11 is 11.4. The fraction of sp³-hybridized carbons (Fsp3) is 0.250. The Balaban J connectivity index is 1.92. The van der Waals surface area contributed by atoms with E-state index in [1.54, 1.807) is 12.5 Å². The molecule has 0 aromatic carbocycles. The number of halogens is 2. The Labute approximate surface area is 102 Å². The van der Waals surface area contributed by atoms with E-state index in [2.05, 4.69) is 25.5 Å². The summed E-state index contributed by atoms with van der Waals surface area (Å²) in [5, 5.41) is 10.4. The molecule has 0 bridgehead atoms. The van der Waals surface area contributed by atoms with Crippen molar-refractivity contribution in [3.05, 3.63) is 29.2 Å². The molecule has 84 valence electrons. The number of nitrogens with zero attached hydrogens (tertiary/aromatic N) is 5. The second-order valence-corrected chi connectivity index (χ2v) is 3.64. The molecule has 2 rings (SSSR count). The molecule has 0 saturated carbocycles. The zero-order valence-electron chi connectivity index (χ0n) is 8.14.